The first kappa shape index (κ1) is 28.2. The molecule has 1 aliphatic heterocycles. The summed E-state index contributed by atoms with van der Waals surface area (Å²) in [4.78, 5) is 19.6. The second-order valence-electron chi connectivity index (χ2n) is 9.84. The Bertz CT molecular complexity index is 1420. The number of nitrogens with two attached hydrogens (primary N) is 3. The van der Waals surface area contributed by atoms with E-state index in [0.29, 0.717) is 48.1 Å². The van der Waals surface area contributed by atoms with Crippen LogP contribution in [0.1, 0.15) is 30.4 Å². The van der Waals surface area contributed by atoms with Crippen LogP contribution in [0.25, 0.3) is 11.1 Å². The van der Waals surface area contributed by atoms with Gasteiger partial charge in [0.25, 0.3) is 0 Å². The SMILES string of the molecule is N=C(N)c1cccc(CC(NS(=O)(=O)c2cccc(-c3ccc(N)nc3)c2)C(=O)N2CCC(CCN)CC2)c1. The van der Waals surface area contributed by atoms with Crippen LogP contribution in [0, 0.1) is 11.3 Å². The van der Waals surface area contributed by atoms with Crippen molar-refractivity contribution in [1.82, 2.24) is 14.6 Å². The van der Waals surface area contributed by atoms with E-state index in [0.717, 1.165) is 24.8 Å². The standard InChI is InChI=1S/C28H35N7O3S/c29-12-9-19-10-13-35(14-11-19)28(36)25(16-20-3-1-5-22(15-20)27(31)32)34-39(37,38)24-6-2-4-21(17-24)23-7-8-26(30)33-18-23/h1-8,15,17-19,25,34H,9-14,16,29H2,(H2,30,33)(H3,31,32). The van der Waals surface area contributed by atoms with Crippen molar-refractivity contribution in [2.45, 2.75) is 36.6 Å². The average Bonchev–Trinajstić information content (AvgIpc) is 2.93. The molecule has 2 aromatic carbocycles. The van der Waals surface area contributed by atoms with E-state index in [4.69, 9.17) is 22.6 Å². The zero-order valence-corrected chi connectivity index (χ0v) is 22.5. The molecule has 0 bridgehead atoms. The fourth-order valence-electron chi connectivity index (χ4n) is 4.85. The minimum Gasteiger partial charge on any atom is -0.384 e. The van der Waals surface area contributed by atoms with Crippen LogP contribution in [0.5, 0.6) is 0 Å². The molecule has 1 saturated heterocycles. The zero-order valence-electron chi connectivity index (χ0n) is 21.7. The average molecular weight is 550 g/mol. The molecular weight excluding hydrogens is 514 g/mol. The van der Waals surface area contributed by atoms with Crippen molar-refractivity contribution in [3.05, 3.63) is 78.0 Å². The predicted octanol–water partition coefficient (Wildman–Crippen LogP) is 2.09. The number of nitrogens with one attached hydrogen (secondary N) is 2. The van der Waals surface area contributed by atoms with Crippen LogP contribution in [0.4, 0.5) is 5.82 Å². The van der Waals surface area contributed by atoms with Crippen LogP contribution in [0.3, 0.4) is 0 Å². The first-order chi connectivity index (χ1) is 18.7. The highest BCUT2D eigenvalue weighted by molar-refractivity contribution is 7.89. The molecule has 1 unspecified atom stereocenters. The number of nitrogen functional groups attached to an aromatic ring is 2. The van der Waals surface area contributed by atoms with Crippen LogP contribution in [-0.2, 0) is 21.2 Å². The van der Waals surface area contributed by atoms with Gasteiger partial charge in [0.05, 0.1) is 4.90 Å². The molecule has 1 fully saturated rings. The molecule has 206 valence electrons. The first-order valence-electron chi connectivity index (χ1n) is 12.9. The highest BCUT2D eigenvalue weighted by Gasteiger charge is 2.32. The van der Waals surface area contributed by atoms with Crippen molar-refractivity contribution in [1.29, 1.82) is 5.41 Å². The summed E-state index contributed by atoms with van der Waals surface area (Å²) in [7, 11) is -4.07. The number of nitrogens with zero attached hydrogens (tertiary/aromatic N) is 2. The third kappa shape index (κ3) is 7.20. The summed E-state index contributed by atoms with van der Waals surface area (Å²) in [5.74, 6) is 0.451. The molecule has 1 atom stereocenters. The highest BCUT2D eigenvalue weighted by Crippen LogP contribution is 2.24. The lowest BCUT2D eigenvalue weighted by atomic mass is 9.93. The summed E-state index contributed by atoms with van der Waals surface area (Å²) >= 11 is 0. The van der Waals surface area contributed by atoms with E-state index in [-0.39, 0.29) is 23.1 Å². The van der Waals surface area contributed by atoms with Gasteiger partial charge in [-0.15, -0.1) is 0 Å². The van der Waals surface area contributed by atoms with Gasteiger partial charge in [0.2, 0.25) is 15.9 Å². The number of rotatable bonds is 10. The molecular formula is C28H35N7O3S. The zero-order chi connectivity index (χ0) is 28.0. The molecule has 10 nitrogen and oxygen atoms in total. The second kappa shape index (κ2) is 12.4. The summed E-state index contributed by atoms with van der Waals surface area (Å²) in [6.07, 6.45) is 4.27. The van der Waals surface area contributed by atoms with E-state index in [1.54, 1.807) is 65.7 Å². The Morgan fingerprint density at radius 2 is 1.82 bits per heavy atom. The minimum absolute atomic E-state index is 0.0359. The Hall–Kier alpha value is -3.80. The van der Waals surface area contributed by atoms with E-state index in [9.17, 15) is 13.2 Å². The van der Waals surface area contributed by atoms with Gasteiger partial charge >= 0.3 is 0 Å². The van der Waals surface area contributed by atoms with Gasteiger partial charge in [0.1, 0.15) is 17.7 Å². The minimum atomic E-state index is -4.07. The molecule has 2 heterocycles. The van der Waals surface area contributed by atoms with E-state index in [2.05, 4.69) is 9.71 Å². The Morgan fingerprint density at radius 1 is 1.08 bits per heavy atom. The van der Waals surface area contributed by atoms with Gasteiger partial charge in [-0.2, -0.15) is 4.72 Å². The number of carbonyl (C=O) groups excluding carboxylic acids is 1. The van der Waals surface area contributed by atoms with Gasteiger partial charge in [0, 0.05) is 30.4 Å². The summed E-state index contributed by atoms with van der Waals surface area (Å²) in [6, 6.07) is 15.8. The topological polar surface area (TPSA) is 181 Å². The second-order valence-corrected chi connectivity index (χ2v) is 11.6. The number of piperidine rings is 1. The largest absolute Gasteiger partial charge is 0.384 e. The molecule has 4 rings (SSSR count). The number of pyridine rings is 1. The Labute approximate surface area is 229 Å². The number of aromatic nitrogens is 1. The van der Waals surface area contributed by atoms with Crippen LogP contribution < -0.4 is 21.9 Å². The smallest absolute Gasteiger partial charge is 0.241 e. The molecule has 0 spiro atoms. The molecule has 39 heavy (non-hydrogen) atoms. The summed E-state index contributed by atoms with van der Waals surface area (Å²) in [6.45, 7) is 1.71. The molecule has 0 radical (unpaired) electrons. The Kier molecular flexibility index (Phi) is 8.95. The molecule has 1 amide bonds. The van der Waals surface area contributed by atoms with E-state index < -0.39 is 16.1 Å². The molecule has 0 aliphatic carbocycles. The quantitative estimate of drug-likeness (QED) is 0.189. The van der Waals surface area contributed by atoms with Gasteiger partial charge in [-0.3, -0.25) is 10.2 Å². The Morgan fingerprint density at radius 3 is 2.49 bits per heavy atom. The Balaban J connectivity index is 1.60. The van der Waals surface area contributed by atoms with Crippen molar-refractivity contribution in [3.8, 4) is 11.1 Å². The number of likely N-dealkylation sites (tertiary alicyclic amines) is 1. The van der Waals surface area contributed by atoms with E-state index in [1.165, 1.54) is 6.07 Å². The number of hydrogen-bond acceptors (Lipinski definition) is 7. The lowest BCUT2D eigenvalue weighted by Gasteiger charge is -2.34. The first-order valence-corrected chi connectivity index (χ1v) is 14.4. The molecule has 0 saturated carbocycles. The van der Waals surface area contributed by atoms with Crippen LogP contribution in [-0.4, -0.2) is 55.7 Å². The van der Waals surface area contributed by atoms with Crippen LogP contribution in [0.2, 0.25) is 0 Å². The van der Waals surface area contributed by atoms with Gasteiger partial charge in [-0.25, -0.2) is 13.4 Å². The normalized spacial score (nSPS) is 15.2. The van der Waals surface area contributed by atoms with Crippen molar-refractivity contribution >= 4 is 27.6 Å². The predicted molar refractivity (Wildman–Crippen MR) is 152 cm³/mol. The lowest BCUT2D eigenvalue weighted by molar-refractivity contribution is -0.134. The number of hydrogen-bond donors (Lipinski definition) is 5. The molecule has 11 heteroatoms. The summed E-state index contributed by atoms with van der Waals surface area (Å²) < 4.78 is 29.8. The maximum atomic E-state index is 13.7. The lowest BCUT2D eigenvalue weighted by Crippen LogP contribution is -2.51. The van der Waals surface area contributed by atoms with Gasteiger partial charge < -0.3 is 22.1 Å². The number of amides is 1. The van der Waals surface area contributed by atoms with Crippen molar-refractivity contribution in [3.63, 3.8) is 0 Å². The summed E-state index contributed by atoms with van der Waals surface area (Å²) in [5.41, 5.74) is 19.6. The number of sulfonamides is 1. The molecule has 1 aliphatic rings. The molecule has 8 N–H and O–H groups in total. The molecule has 1 aromatic heterocycles. The number of anilines is 1. The fraction of sp³-hybridized carbons (Fsp3) is 0.321. The monoisotopic (exact) mass is 549 g/mol. The van der Waals surface area contributed by atoms with Crippen LogP contribution in [0.15, 0.2) is 71.8 Å². The number of benzene rings is 2. The van der Waals surface area contributed by atoms with Crippen molar-refractivity contribution in [2.24, 2.45) is 17.4 Å². The summed E-state index contributed by atoms with van der Waals surface area (Å²) in [5, 5.41) is 7.74. The van der Waals surface area contributed by atoms with Crippen molar-refractivity contribution in [2.75, 3.05) is 25.4 Å². The maximum absolute atomic E-state index is 13.7. The van der Waals surface area contributed by atoms with Crippen LogP contribution >= 0.6 is 0 Å². The van der Waals surface area contributed by atoms with Gasteiger partial charge in [-0.1, -0.05) is 30.3 Å². The van der Waals surface area contributed by atoms with Gasteiger partial charge in [-0.05, 0) is 79.6 Å². The third-order valence-electron chi connectivity index (χ3n) is 7.04. The van der Waals surface area contributed by atoms with Crippen molar-refractivity contribution < 1.29 is 13.2 Å². The fourth-order valence-corrected chi connectivity index (χ4v) is 6.09. The van der Waals surface area contributed by atoms with Gasteiger partial charge in [0.15, 0.2) is 0 Å². The third-order valence-corrected chi connectivity index (χ3v) is 8.51. The van der Waals surface area contributed by atoms with E-state index >= 15 is 0 Å². The number of carbonyl (C=O) groups is 1. The molecule has 3 aromatic rings. The highest BCUT2D eigenvalue weighted by atomic mass is 32.2. The van der Waals surface area contributed by atoms with E-state index in [1.807, 2.05) is 0 Å². The maximum Gasteiger partial charge on any atom is 0.241 e. The number of amidine groups is 1.